The molecule has 3 nitrogen and oxygen atoms in total. The van der Waals surface area contributed by atoms with Crippen molar-refractivity contribution in [3.8, 4) is 5.75 Å². The number of pyridine rings is 1. The number of aryl methyl sites for hydroxylation is 1. The van der Waals surface area contributed by atoms with E-state index in [-0.39, 0.29) is 0 Å². The van der Waals surface area contributed by atoms with Crippen molar-refractivity contribution in [2.75, 3.05) is 18.5 Å². The lowest BCUT2D eigenvalue weighted by Crippen LogP contribution is -2.04. The van der Waals surface area contributed by atoms with Crippen LogP contribution < -0.4 is 10.1 Å². The number of hydrogen-bond acceptors (Lipinski definition) is 3. The summed E-state index contributed by atoms with van der Waals surface area (Å²) in [5.41, 5.74) is 2.12. The summed E-state index contributed by atoms with van der Waals surface area (Å²) in [5, 5.41) is 4.50. The summed E-state index contributed by atoms with van der Waals surface area (Å²) in [6, 6.07) is 8.26. The van der Waals surface area contributed by atoms with Crippen molar-refractivity contribution < 1.29 is 4.74 Å². The lowest BCUT2D eigenvalue weighted by atomic mass is 10.1. The fourth-order valence-electron chi connectivity index (χ4n) is 2.03. The van der Waals surface area contributed by atoms with E-state index in [1.165, 1.54) is 5.56 Å². The summed E-state index contributed by atoms with van der Waals surface area (Å²) in [6.45, 7) is 8.02. The number of ether oxygens (including phenoxy) is 1. The summed E-state index contributed by atoms with van der Waals surface area (Å²) in [5.74, 6) is 1.83. The molecule has 1 aromatic heterocycles. The van der Waals surface area contributed by atoms with E-state index in [2.05, 4.69) is 38.2 Å². The Bertz CT molecular complexity index is 552. The number of para-hydroxylation sites is 1. The van der Waals surface area contributed by atoms with Gasteiger partial charge in [-0.3, -0.25) is 0 Å². The smallest absolute Gasteiger partial charge is 0.145 e. The largest absolute Gasteiger partial charge is 0.491 e. The maximum Gasteiger partial charge on any atom is 0.145 e. The minimum absolute atomic E-state index is 0.729. The highest BCUT2D eigenvalue weighted by molar-refractivity contribution is 5.86. The molecule has 0 radical (unpaired) electrons. The number of anilines is 1. The molecular formula is C16H22N2O. The molecule has 0 amide bonds. The molecule has 0 saturated heterocycles. The lowest BCUT2D eigenvalue weighted by Gasteiger charge is -2.12. The highest BCUT2D eigenvalue weighted by Crippen LogP contribution is 2.27. The van der Waals surface area contributed by atoms with Gasteiger partial charge in [0, 0.05) is 11.9 Å². The van der Waals surface area contributed by atoms with Crippen LogP contribution >= 0.6 is 0 Å². The second-order valence-electron chi connectivity index (χ2n) is 4.76. The molecule has 0 aliphatic heterocycles. The van der Waals surface area contributed by atoms with Gasteiger partial charge in [0.25, 0.3) is 0 Å². The van der Waals surface area contributed by atoms with Gasteiger partial charge in [0.05, 0.1) is 6.61 Å². The van der Waals surface area contributed by atoms with Gasteiger partial charge in [-0.1, -0.05) is 26.0 Å². The van der Waals surface area contributed by atoms with Crippen LogP contribution in [0, 0.1) is 6.92 Å². The Morgan fingerprint density at radius 2 is 2.05 bits per heavy atom. The Morgan fingerprint density at radius 1 is 1.21 bits per heavy atom. The van der Waals surface area contributed by atoms with Crippen molar-refractivity contribution >= 4 is 16.7 Å². The SMILES string of the molecule is CCCNc1nc2c(OCCC)cccc2cc1C. The van der Waals surface area contributed by atoms with Gasteiger partial charge in [-0.05, 0) is 37.5 Å². The van der Waals surface area contributed by atoms with E-state index in [4.69, 9.17) is 9.72 Å². The highest BCUT2D eigenvalue weighted by Gasteiger charge is 2.07. The molecule has 2 aromatic rings. The van der Waals surface area contributed by atoms with Crippen molar-refractivity contribution in [1.29, 1.82) is 0 Å². The molecule has 0 unspecified atom stereocenters. The topological polar surface area (TPSA) is 34.2 Å². The monoisotopic (exact) mass is 258 g/mol. The van der Waals surface area contributed by atoms with E-state index < -0.39 is 0 Å². The van der Waals surface area contributed by atoms with Crippen molar-refractivity contribution in [1.82, 2.24) is 4.98 Å². The van der Waals surface area contributed by atoms with Gasteiger partial charge < -0.3 is 10.1 Å². The highest BCUT2D eigenvalue weighted by atomic mass is 16.5. The number of aromatic nitrogens is 1. The first-order chi connectivity index (χ1) is 9.26. The molecule has 2 rings (SSSR count). The van der Waals surface area contributed by atoms with Gasteiger partial charge in [-0.2, -0.15) is 0 Å². The van der Waals surface area contributed by atoms with Crippen molar-refractivity contribution in [2.24, 2.45) is 0 Å². The van der Waals surface area contributed by atoms with E-state index >= 15 is 0 Å². The van der Waals surface area contributed by atoms with Gasteiger partial charge in [0.2, 0.25) is 0 Å². The Kier molecular flexibility index (Phi) is 4.61. The number of nitrogens with one attached hydrogen (secondary N) is 1. The molecule has 0 aliphatic rings. The predicted molar refractivity (Wildman–Crippen MR) is 81.0 cm³/mol. The average Bonchev–Trinajstić information content (AvgIpc) is 2.42. The average molecular weight is 258 g/mol. The summed E-state index contributed by atoms with van der Waals surface area (Å²) in [4.78, 5) is 4.73. The Hall–Kier alpha value is -1.77. The maximum absolute atomic E-state index is 5.78. The first-order valence-electron chi connectivity index (χ1n) is 7.03. The molecule has 0 bridgehead atoms. The molecule has 3 heteroatoms. The molecule has 1 heterocycles. The predicted octanol–water partition coefficient (Wildman–Crippen LogP) is 4.15. The first-order valence-corrected chi connectivity index (χ1v) is 7.03. The third-order valence-electron chi connectivity index (χ3n) is 3.00. The standard InChI is InChI=1S/C16H22N2O/c1-4-9-17-16-12(3)11-13-7-6-8-14(15(13)18-16)19-10-5-2/h6-8,11H,4-5,9-10H2,1-3H3,(H,17,18). The van der Waals surface area contributed by atoms with Crippen LogP contribution in [-0.2, 0) is 0 Å². The molecule has 0 fully saturated rings. The molecule has 0 aliphatic carbocycles. The van der Waals surface area contributed by atoms with Crippen LogP contribution in [0.4, 0.5) is 5.82 Å². The van der Waals surface area contributed by atoms with Crippen molar-refractivity contribution in [2.45, 2.75) is 33.6 Å². The number of benzene rings is 1. The number of nitrogens with zero attached hydrogens (tertiary/aromatic N) is 1. The van der Waals surface area contributed by atoms with E-state index in [1.54, 1.807) is 0 Å². The third-order valence-corrected chi connectivity index (χ3v) is 3.00. The molecule has 0 saturated carbocycles. The summed E-state index contributed by atoms with van der Waals surface area (Å²) >= 11 is 0. The van der Waals surface area contributed by atoms with Crippen LogP contribution in [-0.4, -0.2) is 18.1 Å². The minimum atomic E-state index is 0.729. The first kappa shape index (κ1) is 13.7. The Morgan fingerprint density at radius 3 is 2.79 bits per heavy atom. The fourth-order valence-corrected chi connectivity index (χ4v) is 2.03. The normalized spacial score (nSPS) is 10.7. The van der Waals surface area contributed by atoms with Crippen LogP contribution in [0.15, 0.2) is 24.3 Å². The van der Waals surface area contributed by atoms with E-state index in [0.29, 0.717) is 0 Å². The van der Waals surface area contributed by atoms with Crippen molar-refractivity contribution in [3.05, 3.63) is 29.8 Å². The van der Waals surface area contributed by atoms with Crippen molar-refractivity contribution in [3.63, 3.8) is 0 Å². The van der Waals surface area contributed by atoms with Crippen LogP contribution in [0.25, 0.3) is 10.9 Å². The quantitative estimate of drug-likeness (QED) is 0.845. The Balaban J connectivity index is 2.41. The third kappa shape index (κ3) is 3.16. The minimum Gasteiger partial charge on any atom is -0.491 e. The number of rotatable bonds is 6. The van der Waals surface area contributed by atoms with Crippen LogP contribution in [0.5, 0.6) is 5.75 Å². The molecule has 19 heavy (non-hydrogen) atoms. The second kappa shape index (κ2) is 6.41. The molecule has 1 N–H and O–H groups in total. The summed E-state index contributed by atoms with van der Waals surface area (Å²) in [6.07, 6.45) is 2.09. The van der Waals surface area contributed by atoms with E-state index in [9.17, 15) is 0 Å². The van der Waals surface area contributed by atoms with Crippen LogP contribution in [0.1, 0.15) is 32.3 Å². The molecule has 0 spiro atoms. The van der Waals surface area contributed by atoms with Crippen LogP contribution in [0.2, 0.25) is 0 Å². The summed E-state index contributed by atoms with van der Waals surface area (Å²) < 4.78 is 5.78. The Labute approximate surface area is 115 Å². The maximum atomic E-state index is 5.78. The van der Waals surface area contributed by atoms with Crippen LogP contribution in [0.3, 0.4) is 0 Å². The number of fused-ring (bicyclic) bond motifs is 1. The zero-order chi connectivity index (χ0) is 13.7. The molecule has 102 valence electrons. The molecule has 0 atom stereocenters. The zero-order valence-electron chi connectivity index (χ0n) is 12.0. The lowest BCUT2D eigenvalue weighted by molar-refractivity contribution is 0.320. The molecular weight excluding hydrogens is 236 g/mol. The fraction of sp³-hybridized carbons (Fsp3) is 0.438. The van der Waals surface area contributed by atoms with E-state index in [0.717, 1.165) is 48.5 Å². The van der Waals surface area contributed by atoms with Gasteiger partial charge in [-0.25, -0.2) is 4.98 Å². The molecule has 1 aromatic carbocycles. The van der Waals surface area contributed by atoms with E-state index in [1.807, 2.05) is 12.1 Å². The summed E-state index contributed by atoms with van der Waals surface area (Å²) in [7, 11) is 0. The second-order valence-corrected chi connectivity index (χ2v) is 4.76. The van der Waals surface area contributed by atoms with Gasteiger partial charge in [0.1, 0.15) is 17.1 Å². The van der Waals surface area contributed by atoms with Gasteiger partial charge in [-0.15, -0.1) is 0 Å². The number of hydrogen-bond donors (Lipinski definition) is 1. The zero-order valence-corrected chi connectivity index (χ0v) is 12.0. The van der Waals surface area contributed by atoms with Gasteiger partial charge in [0.15, 0.2) is 0 Å². The van der Waals surface area contributed by atoms with Gasteiger partial charge >= 0.3 is 0 Å².